The molecular formula is C6H6N5S. The minimum Gasteiger partial charge on any atom is -0.250 e. The van der Waals surface area contributed by atoms with Crippen LogP contribution in [0.15, 0.2) is 11.6 Å². The maximum absolute atomic E-state index is 4.12. The van der Waals surface area contributed by atoms with E-state index in [1.54, 1.807) is 17.5 Å². The van der Waals surface area contributed by atoms with Gasteiger partial charge in [0.25, 0.3) is 0 Å². The number of aromatic amines is 1. The lowest BCUT2D eigenvalue weighted by Crippen LogP contribution is -1.89. The van der Waals surface area contributed by atoms with Gasteiger partial charge in [0.05, 0.1) is 5.01 Å². The third kappa shape index (κ3) is 1.65. The molecule has 0 aromatic carbocycles. The van der Waals surface area contributed by atoms with Crippen molar-refractivity contribution in [3.8, 4) is 0 Å². The van der Waals surface area contributed by atoms with Gasteiger partial charge in [0.1, 0.15) is 0 Å². The van der Waals surface area contributed by atoms with Crippen LogP contribution in [-0.2, 0) is 6.42 Å². The Bertz CT molecular complexity index is 279. The van der Waals surface area contributed by atoms with E-state index in [9.17, 15) is 0 Å². The van der Waals surface area contributed by atoms with Crippen LogP contribution >= 0.6 is 11.3 Å². The van der Waals surface area contributed by atoms with Crippen LogP contribution in [0.4, 0.5) is 0 Å². The van der Waals surface area contributed by atoms with Crippen LogP contribution < -0.4 is 0 Å². The van der Waals surface area contributed by atoms with E-state index in [-0.39, 0.29) is 0 Å². The number of H-pyrrole nitrogens is 1. The summed E-state index contributed by atoms with van der Waals surface area (Å²) in [5.74, 6) is 0.685. The fraction of sp³-hybridized carbons (Fsp3) is 0.167. The summed E-state index contributed by atoms with van der Waals surface area (Å²) in [4.78, 5) is 4.12. The smallest absolute Gasteiger partial charge is 0.152 e. The standard InChI is InChI=1S/C6H6N5S/c1(5-8-10-11-9-5)2-6-7-3-4-12-6/h1,3-4H,2H2,(H,8,9,10,11). The molecule has 2 aromatic heterocycles. The Morgan fingerprint density at radius 3 is 3.25 bits per heavy atom. The third-order valence-electron chi connectivity index (χ3n) is 1.32. The van der Waals surface area contributed by atoms with Crippen LogP contribution in [0.2, 0.25) is 0 Å². The van der Waals surface area contributed by atoms with Crippen molar-refractivity contribution >= 4 is 11.3 Å². The molecule has 0 aliphatic heterocycles. The van der Waals surface area contributed by atoms with E-state index in [4.69, 9.17) is 0 Å². The second kappa shape index (κ2) is 3.40. The highest BCUT2D eigenvalue weighted by Crippen LogP contribution is 2.07. The zero-order valence-electron chi connectivity index (χ0n) is 6.14. The maximum atomic E-state index is 4.12. The number of thiazole rings is 1. The highest BCUT2D eigenvalue weighted by molar-refractivity contribution is 7.09. The number of rotatable bonds is 3. The topological polar surface area (TPSA) is 67.3 Å². The molecule has 12 heavy (non-hydrogen) atoms. The molecule has 0 saturated heterocycles. The summed E-state index contributed by atoms with van der Waals surface area (Å²) in [5.41, 5.74) is 0. The Kier molecular flexibility index (Phi) is 2.08. The molecule has 1 N–H and O–H groups in total. The zero-order valence-corrected chi connectivity index (χ0v) is 6.95. The predicted octanol–water partition coefficient (Wildman–Crippen LogP) is 0.451. The van der Waals surface area contributed by atoms with Crippen molar-refractivity contribution in [2.75, 3.05) is 0 Å². The molecule has 0 bridgehead atoms. The van der Waals surface area contributed by atoms with E-state index in [1.165, 1.54) is 0 Å². The molecule has 0 aliphatic carbocycles. The van der Waals surface area contributed by atoms with Gasteiger partial charge in [-0.25, -0.2) is 10.1 Å². The lowest BCUT2D eigenvalue weighted by Gasteiger charge is -1.89. The molecule has 0 aliphatic rings. The van der Waals surface area contributed by atoms with Crippen molar-refractivity contribution in [3.05, 3.63) is 28.8 Å². The number of hydrogen-bond acceptors (Lipinski definition) is 5. The minimum atomic E-state index is 0.685. The highest BCUT2D eigenvalue weighted by Gasteiger charge is 2.00. The molecule has 0 saturated carbocycles. The monoisotopic (exact) mass is 180 g/mol. The van der Waals surface area contributed by atoms with E-state index in [2.05, 4.69) is 25.6 Å². The van der Waals surface area contributed by atoms with E-state index in [0.29, 0.717) is 5.82 Å². The first kappa shape index (κ1) is 7.35. The summed E-state index contributed by atoms with van der Waals surface area (Å²) in [6.07, 6.45) is 4.46. The van der Waals surface area contributed by atoms with E-state index in [1.807, 2.05) is 11.8 Å². The molecular weight excluding hydrogens is 174 g/mol. The van der Waals surface area contributed by atoms with Gasteiger partial charge in [-0.3, -0.25) is 0 Å². The van der Waals surface area contributed by atoms with Gasteiger partial charge in [0.15, 0.2) is 5.82 Å². The van der Waals surface area contributed by atoms with Crippen LogP contribution in [0.5, 0.6) is 0 Å². The average Bonchev–Trinajstić information content (AvgIpc) is 2.74. The first-order valence-corrected chi connectivity index (χ1v) is 4.28. The minimum absolute atomic E-state index is 0.685. The molecule has 0 spiro atoms. The lowest BCUT2D eigenvalue weighted by atomic mass is 10.3. The maximum Gasteiger partial charge on any atom is 0.152 e. The summed E-state index contributed by atoms with van der Waals surface area (Å²) in [6, 6.07) is 0. The Morgan fingerprint density at radius 2 is 2.58 bits per heavy atom. The molecule has 1 radical (unpaired) electrons. The normalized spacial score (nSPS) is 10.3. The summed E-state index contributed by atoms with van der Waals surface area (Å²) in [7, 11) is 0. The molecule has 6 heteroatoms. The first-order chi connectivity index (χ1) is 5.95. The van der Waals surface area contributed by atoms with Crippen molar-refractivity contribution in [2.45, 2.75) is 6.42 Å². The second-order valence-electron chi connectivity index (χ2n) is 2.12. The molecule has 0 unspecified atom stereocenters. The molecule has 2 rings (SSSR count). The van der Waals surface area contributed by atoms with Gasteiger partial charge in [0.2, 0.25) is 0 Å². The summed E-state index contributed by atoms with van der Waals surface area (Å²) in [6.45, 7) is 0. The van der Waals surface area contributed by atoms with Gasteiger partial charge < -0.3 is 0 Å². The van der Waals surface area contributed by atoms with Gasteiger partial charge in [-0.2, -0.15) is 0 Å². The van der Waals surface area contributed by atoms with Crippen LogP contribution in [0.1, 0.15) is 10.8 Å². The number of aromatic nitrogens is 5. The molecule has 5 nitrogen and oxygen atoms in total. The van der Waals surface area contributed by atoms with Crippen molar-refractivity contribution < 1.29 is 0 Å². The fourth-order valence-corrected chi connectivity index (χ4v) is 1.37. The SMILES string of the molecule is [CH](Cc1nccs1)c1nnn[nH]1. The molecule has 2 heterocycles. The van der Waals surface area contributed by atoms with E-state index in [0.717, 1.165) is 11.4 Å². The predicted molar refractivity (Wildman–Crippen MR) is 43.4 cm³/mol. The molecule has 61 valence electrons. The number of hydrogen-bond donors (Lipinski definition) is 1. The Morgan fingerprint density at radius 1 is 1.58 bits per heavy atom. The number of tetrazole rings is 1. The second-order valence-corrected chi connectivity index (χ2v) is 3.10. The van der Waals surface area contributed by atoms with Gasteiger partial charge in [0, 0.05) is 24.4 Å². The van der Waals surface area contributed by atoms with Gasteiger partial charge in [-0.05, 0) is 10.4 Å². The summed E-state index contributed by atoms with van der Waals surface area (Å²) < 4.78 is 0. The molecule has 0 fully saturated rings. The molecule has 2 aromatic rings. The van der Waals surface area contributed by atoms with Crippen molar-refractivity contribution in [1.82, 2.24) is 25.6 Å². The number of nitrogens with zero attached hydrogens (tertiary/aromatic N) is 4. The largest absolute Gasteiger partial charge is 0.250 e. The molecule has 0 atom stereocenters. The van der Waals surface area contributed by atoms with E-state index < -0.39 is 0 Å². The highest BCUT2D eigenvalue weighted by atomic mass is 32.1. The van der Waals surface area contributed by atoms with E-state index >= 15 is 0 Å². The Balaban J connectivity index is 1.91. The first-order valence-electron chi connectivity index (χ1n) is 3.40. The lowest BCUT2D eigenvalue weighted by molar-refractivity contribution is 0.881. The van der Waals surface area contributed by atoms with Gasteiger partial charge >= 0.3 is 0 Å². The van der Waals surface area contributed by atoms with Crippen molar-refractivity contribution in [1.29, 1.82) is 0 Å². The van der Waals surface area contributed by atoms with Crippen LogP contribution in [0, 0.1) is 6.42 Å². The third-order valence-corrected chi connectivity index (χ3v) is 2.12. The fourth-order valence-electron chi connectivity index (χ4n) is 0.791. The summed E-state index contributed by atoms with van der Waals surface area (Å²) in [5, 5.41) is 16.3. The van der Waals surface area contributed by atoms with Gasteiger partial charge in [-0.1, -0.05) is 0 Å². The average molecular weight is 180 g/mol. The van der Waals surface area contributed by atoms with Crippen LogP contribution in [0.25, 0.3) is 0 Å². The zero-order chi connectivity index (χ0) is 8.23. The van der Waals surface area contributed by atoms with Crippen LogP contribution in [-0.4, -0.2) is 25.6 Å². The number of nitrogens with one attached hydrogen (secondary N) is 1. The summed E-state index contributed by atoms with van der Waals surface area (Å²) >= 11 is 1.62. The quantitative estimate of drug-likeness (QED) is 0.744. The van der Waals surface area contributed by atoms with Crippen molar-refractivity contribution in [2.24, 2.45) is 0 Å². The Hall–Kier alpha value is -1.30. The molecule has 0 amide bonds. The van der Waals surface area contributed by atoms with Crippen molar-refractivity contribution in [3.63, 3.8) is 0 Å². The Labute approximate surface area is 72.9 Å². The van der Waals surface area contributed by atoms with Gasteiger partial charge in [-0.15, -0.1) is 16.4 Å². The van der Waals surface area contributed by atoms with Crippen LogP contribution in [0.3, 0.4) is 0 Å².